The van der Waals surface area contributed by atoms with Crippen LogP contribution in [0, 0.1) is 0 Å². The monoisotopic (exact) mass is 290 g/mol. The first-order valence-corrected chi connectivity index (χ1v) is 7.67. The molecule has 1 unspecified atom stereocenters. The topological polar surface area (TPSA) is 87.8 Å². The van der Waals surface area contributed by atoms with E-state index >= 15 is 0 Å². The zero-order valence-corrected chi connectivity index (χ0v) is 12.4. The van der Waals surface area contributed by atoms with E-state index in [9.17, 15) is 0 Å². The normalized spacial score (nSPS) is 18.8. The Morgan fingerprint density at radius 1 is 1.33 bits per heavy atom. The van der Waals surface area contributed by atoms with Gasteiger partial charge in [-0.05, 0) is 25.7 Å². The average molecular weight is 290 g/mol. The summed E-state index contributed by atoms with van der Waals surface area (Å²) in [5.41, 5.74) is 0.746. The quantitative estimate of drug-likeness (QED) is 0.755. The van der Waals surface area contributed by atoms with Crippen molar-refractivity contribution in [1.29, 1.82) is 0 Å². The third kappa shape index (κ3) is 3.41. The average Bonchev–Trinajstić information content (AvgIpc) is 3.00. The van der Waals surface area contributed by atoms with Crippen molar-refractivity contribution < 1.29 is 4.74 Å². The highest BCUT2D eigenvalue weighted by molar-refractivity contribution is 5.86. The molecule has 21 heavy (non-hydrogen) atoms. The Balaban J connectivity index is 1.73. The van der Waals surface area contributed by atoms with E-state index in [-0.39, 0.29) is 6.10 Å². The fourth-order valence-electron chi connectivity index (χ4n) is 2.46. The summed E-state index contributed by atoms with van der Waals surface area (Å²) in [5.74, 6) is 1.43. The van der Waals surface area contributed by atoms with Crippen LogP contribution >= 0.6 is 0 Å². The van der Waals surface area contributed by atoms with Crippen LogP contribution in [-0.2, 0) is 4.74 Å². The van der Waals surface area contributed by atoms with Crippen molar-refractivity contribution in [2.45, 2.75) is 38.7 Å². The summed E-state index contributed by atoms with van der Waals surface area (Å²) in [5, 5.41) is 14.5. The second kappa shape index (κ2) is 6.71. The fraction of sp³-hybridized carbons (Fsp3) is 0.643. The Bertz CT molecular complexity index is 578. The molecule has 114 valence electrons. The maximum atomic E-state index is 5.74. The molecule has 3 rings (SSSR count). The van der Waals surface area contributed by atoms with Gasteiger partial charge in [0.2, 0.25) is 5.95 Å². The summed E-state index contributed by atoms with van der Waals surface area (Å²) in [6.45, 7) is 4.59. The second-order valence-corrected chi connectivity index (χ2v) is 5.32. The van der Waals surface area contributed by atoms with Crippen molar-refractivity contribution in [3.8, 4) is 0 Å². The van der Waals surface area contributed by atoms with Gasteiger partial charge in [0, 0.05) is 19.7 Å². The first-order valence-electron chi connectivity index (χ1n) is 7.67. The van der Waals surface area contributed by atoms with Gasteiger partial charge in [-0.2, -0.15) is 15.1 Å². The number of rotatable bonds is 6. The zero-order valence-electron chi connectivity index (χ0n) is 12.4. The Morgan fingerprint density at radius 3 is 3.10 bits per heavy atom. The molecule has 0 amide bonds. The van der Waals surface area contributed by atoms with Crippen LogP contribution < -0.4 is 10.6 Å². The molecule has 0 saturated carbocycles. The Labute approximate surface area is 123 Å². The van der Waals surface area contributed by atoms with Gasteiger partial charge in [-0.15, -0.1) is 0 Å². The van der Waals surface area contributed by atoms with E-state index in [2.05, 4.69) is 37.7 Å². The van der Waals surface area contributed by atoms with Crippen LogP contribution in [0.4, 0.5) is 11.8 Å². The molecule has 7 nitrogen and oxygen atoms in total. The second-order valence-electron chi connectivity index (χ2n) is 5.32. The smallest absolute Gasteiger partial charge is 0.226 e. The summed E-state index contributed by atoms with van der Waals surface area (Å²) < 4.78 is 5.74. The first-order chi connectivity index (χ1) is 10.4. The number of aromatic nitrogens is 4. The molecule has 1 aliphatic rings. The summed E-state index contributed by atoms with van der Waals surface area (Å²) in [4.78, 5) is 8.96. The molecule has 0 aliphatic carbocycles. The minimum absolute atomic E-state index is 0.266. The molecule has 2 aromatic rings. The Kier molecular flexibility index (Phi) is 4.49. The van der Waals surface area contributed by atoms with Gasteiger partial charge in [0.25, 0.3) is 0 Å². The lowest BCUT2D eigenvalue weighted by Gasteiger charge is -2.23. The molecule has 3 N–H and O–H groups in total. The lowest BCUT2D eigenvalue weighted by Crippen LogP contribution is -2.27. The molecule has 0 bridgehead atoms. The van der Waals surface area contributed by atoms with E-state index in [0.29, 0.717) is 5.95 Å². The van der Waals surface area contributed by atoms with Gasteiger partial charge in [0.05, 0.1) is 17.7 Å². The van der Waals surface area contributed by atoms with Crippen molar-refractivity contribution in [2.24, 2.45) is 0 Å². The predicted molar refractivity (Wildman–Crippen MR) is 82.5 cm³/mol. The fourth-order valence-corrected chi connectivity index (χ4v) is 2.46. The first kappa shape index (κ1) is 14.1. The lowest BCUT2D eigenvalue weighted by molar-refractivity contribution is 0.0247. The van der Waals surface area contributed by atoms with E-state index in [1.165, 1.54) is 12.8 Å². The number of hydrogen-bond acceptors (Lipinski definition) is 6. The van der Waals surface area contributed by atoms with Crippen LogP contribution in [0.3, 0.4) is 0 Å². The van der Waals surface area contributed by atoms with Crippen molar-refractivity contribution in [1.82, 2.24) is 20.2 Å². The van der Waals surface area contributed by atoms with Gasteiger partial charge < -0.3 is 15.4 Å². The molecule has 2 aromatic heterocycles. The minimum atomic E-state index is 0.266. The summed E-state index contributed by atoms with van der Waals surface area (Å²) in [6, 6.07) is 0. The standard InChI is InChI=1S/C14H22N6O/c1-2-6-15-14-18-12(11-9-17-20-13(11)19-14)16-8-10-5-3-4-7-21-10/h9-10H,2-8H2,1H3,(H3,15,16,17,18,19,20). The van der Waals surface area contributed by atoms with E-state index in [1.807, 2.05) is 0 Å². The number of aromatic amines is 1. The van der Waals surface area contributed by atoms with Crippen molar-refractivity contribution in [3.63, 3.8) is 0 Å². The minimum Gasteiger partial charge on any atom is -0.376 e. The van der Waals surface area contributed by atoms with Gasteiger partial charge in [-0.25, -0.2) is 0 Å². The van der Waals surface area contributed by atoms with Gasteiger partial charge >= 0.3 is 0 Å². The van der Waals surface area contributed by atoms with E-state index < -0.39 is 0 Å². The van der Waals surface area contributed by atoms with Crippen LogP contribution in [0.25, 0.3) is 11.0 Å². The third-order valence-corrected chi connectivity index (χ3v) is 3.61. The summed E-state index contributed by atoms with van der Waals surface area (Å²) >= 11 is 0. The molecule has 1 saturated heterocycles. The van der Waals surface area contributed by atoms with E-state index in [4.69, 9.17) is 4.74 Å². The Hall–Kier alpha value is -1.89. The molecule has 0 aromatic carbocycles. The predicted octanol–water partition coefficient (Wildman–Crippen LogP) is 2.16. The highest BCUT2D eigenvalue weighted by atomic mass is 16.5. The van der Waals surface area contributed by atoms with Crippen molar-refractivity contribution in [2.75, 3.05) is 30.3 Å². The number of nitrogens with one attached hydrogen (secondary N) is 3. The molecular weight excluding hydrogens is 268 g/mol. The molecule has 1 atom stereocenters. The maximum Gasteiger partial charge on any atom is 0.226 e. The van der Waals surface area contributed by atoms with Crippen LogP contribution in [0.15, 0.2) is 6.20 Å². The molecule has 7 heteroatoms. The van der Waals surface area contributed by atoms with Gasteiger partial charge in [-0.1, -0.05) is 6.92 Å². The molecular formula is C14H22N6O. The highest BCUT2D eigenvalue weighted by Gasteiger charge is 2.15. The van der Waals surface area contributed by atoms with Gasteiger partial charge in [-0.3, -0.25) is 5.10 Å². The highest BCUT2D eigenvalue weighted by Crippen LogP contribution is 2.21. The number of nitrogens with zero attached hydrogens (tertiary/aromatic N) is 3. The van der Waals surface area contributed by atoms with Crippen LogP contribution in [-0.4, -0.2) is 46.0 Å². The van der Waals surface area contributed by atoms with Crippen molar-refractivity contribution in [3.05, 3.63) is 6.20 Å². The van der Waals surface area contributed by atoms with Crippen LogP contribution in [0.1, 0.15) is 32.6 Å². The Morgan fingerprint density at radius 2 is 2.29 bits per heavy atom. The zero-order chi connectivity index (χ0) is 14.5. The SMILES string of the molecule is CCCNc1nc(NCC2CCCCO2)c2cn[nH]c2n1. The number of H-pyrrole nitrogens is 1. The van der Waals surface area contributed by atoms with Gasteiger partial charge in [0.1, 0.15) is 5.82 Å². The lowest BCUT2D eigenvalue weighted by atomic mass is 10.1. The number of fused-ring (bicyclic) bond motifs is 1. The van der Waals surface area contributed by atoms with Crippen LogP contribution in [0.5, 0.6) is 0 Å². The third-order valence-electron chi connectivity index (χ3n) is 3.61. The molecule has 1 fully saturated rings. The summed E-state index contributed by atoms with van der Waals surface area (Å²) in [7, 11) is 0. The molecule has 0 spiro atoms. The summed E-state index contributed by atoms with van der Waals surface area (Å²) in [6.07, 6.45) is 6.56. The maximum absolute atomic E-state index is 5.74. The largest absolute Gasteiger partial charge is 0.376 e. The molecule has 3 heterocycles. The van der Waals surface area contributed by atoms with Gasteiger partial charge in [0.15, 0.2) is 5.65 Å². The van der Waals surface area contributed by atoms with E-state index in [0.717, 1.165) is 49.4 Å². The number of ether oxygens (including phenoxy) is 1. The molecule has 1 aliphatic heterocycles. The molecule has 0 radical (unpaired) electrons. The number of anilines is 2. The van der Waals surface area contributed by atoms with E-state index in [1.54, 1.807) is 6.20 Å². The number of hydrogen-bond donors (Lipinski definition) is 3. The van der Waals surface area contributed by atoms with Crippen molar-refractivity contribution >= 4 is 22.8 Å². The van der Waals surface area contributed by atoms with Crippen LogP contribution in [0.2, 0.25) is 0 Å².